The van der Waals surface area contributed by atoms with Gasteiger partial charge in [0.15, 0.2) is 0 Å². The monoisotopic (exact) mass is 380 g/mol. The van der Waals surface area contributed by atoms with Gasteiger partial charge in [-0.3, -0.25) is 0 Å². The molecule has 26 heavy (non-hydrogen) atoms. The third kappa shape index (κ3) is 2.45. The van der Waals surface area contributed by atoms with Crippen molar-refractivity contribution in [1.29, 1.82) is 0 Å². The smallest absolute Gasteiger partial charge is 0.132 e. The number of halogens is 2. The Morgan fingerprint density at radius 1 is 0.962 bits per heavy atom. The number of aromatic nitrogens is 3. The molecule has 5 rings (SSSR count). The Labute approximate surface area is 160 Å². The lowest BCUT2D eigenvalue weighted by atomic mass is 10.1. The van der Waals surface area contributed by atoms with Crippen molar-refractivity contribution < 1.29 is 0 Å². The van der Waals surface area contributed by atoms with E-state index < -0.39 is 0 Å². The zero-order valence-electron chi connectivity index (χ0n) is 13.7. The average Bonchev–Trinajstić information content (AvgIpc) is 3.33. The first-order chi connectivity index (χ1) is 12.7. The molecule has 0 N–H and O–H groups in total. The molecule has 1 aliphatic rings. The van der Waals surface area contributed by atoms with Crippen LogP contribution >= 0.6 is 23.2 Å². The molecule has 1 aliphatic heterocycles. The predicted octanol–water partition coefficient (Wildman–Crippen LogP) is 5.25. The Morgan fingerprint density at radius 2 is 1.73 bits per heavy atom. The van der Waals surface area contributed by atoms with Crippen molar-refractivity contribution in [2.75, 3.05) is 4.90 Å². The molecule has 0 aliphatic carbocycles. The molecule has 2 aromatic heterocycles. The molecule has 4 nitrogen and oxygen atoms in total. The van der Waals surface area contributed by atoms with Crippen LogP contribution in [0.25, 0.3) is 16.6 Å². The van der Waals surface area contributed by atoms with E-state index in [0.29, 0.717) is 15.6 Å². The van der Waals surface area contributed by atoms with Gasteiger partial charge in [-0.1, -0.05) is 47.5 Å². The molecule has 0 amide bonds. The topological polar surface area (TPSA) is 34.0 Å². The van der Waals surface area contributed by atoms with Crippen LogP contribution in [-0.2, 0) is 13.1 Å². The van der Waals surface area contributed by atoms with E-state index in [9.17, 15) is 0 Å². The summed E-state index contributed by atoms with van der Waals surface area (Å²) in [6.07, 6.45) is 5.45. The molecular weight excluding hydrogens is 367 g/mol. The summed E-state index contributed by atoms with van der Waals surface area (Å²) in [6, 6.07) is 14.3. The molecule has 2 aromatic carbocycles. The average molecular weight is 381 g/mol. The van der Waals surface area contributed by atoms with Crippen LogP contribution in [0.15, 0.2) is 61.2 Å². The van der Waals surface area contributed by atoms with Crippen molar-refractivity contribution in [2.24, 2.45) is 0 Å². The standard InChI is InChI=1S/C20H14Cl2N4/c21-16-6-5-15-17(25-8-7-23-12-25)9-18(24-20(15)19(16)22)26-10-13-3-1-2-4-14(13)11-26/h1-9,12H,10-11H2. The molecule has 0 atom stereocenters. The molecule has 0 spiro atoms. The SMILES string of the molecule is Clc1ccc2c(-n3ccnc3)cc(N3Cc4ccccc4C3)nc2c1Cl. The normalized spacial score (nSPS) is 13.4. The van der Waals surface area contributed by atoms with Gasteiger partial charge >= 0.3 is 0 Å². The molecule has 0 saturated carbocycles. The first kappa shape index (κ1) is 15.7. The second kappa shape index (κ2) is 6.01. The van der Waals surface area contributed by atoms with Gasteiger partial charge < -0.3 is 9.47 Å². The number of nitrogens with zero attached hydrogens (tertiary/aromatic N) is 4. The lowest BCUT2D eigenvalue weighted by Crippen LogP contribution is -2.16. The number of anilines is 1. The minimum Gasteiger partial charge on any atom is -0.348 e. The van der Waals surface area contributed by atoms with E-state index in [1.54, 1.807) is 18.6 Å². The first-order valence-corrected chi connectivity index (χ1v) is 9.05. The Bertz CT molecular complexity index is 1100. The van der Waals surface area contributed by atoms with Crippen molar-refractivity contribution in [3.63, 3.8) is 0 Å². The van der Waals surface area contributed by atoms with Gasteiger partial charge in [-0.2, -0.15) is 0 Å². The van der Waals surface area contributed by atoms with Gasteiger partial charge in [0.05, 0.1) is 27.6 Å². The highest BCUT2D eigenvalue weighted by atomic mass is 35.5. The van der Waals surface area contributed by atoms with Crippen LogP contribution in [-0.4, -0.2) is 14.5 Å². The number of hydrogen-bond donors (Lipinski definition) is 0. The molecule has 0 radical (unpaired) electrons. The summed E-state index contributed by atoms with van der Waals surface area (Å²) in [4.78, 5) is 11.3. The van der Waals surface area contributed by atoms with Crippen LogP contribution in [0.5, 0.6) is 0 Å². The van der Waals surface area contributed by atoms with Gasteiger partial charge in [-0.25, -0.2) is 9.97 Å². The number of fused-ring (bicyclic) bond motifs is 2. The van der Waals surface area contributed by atoms with Crippen LogP contribution < -0.4 is 4.90 Å². The Morgan fingerprint density at radius 3 is 2.42 bits per heavy atom. The van der Waals surface area contributed by atoms with E-state index in [-0.39, 0.29) is 0 Å². The molecule has 6 heteroatoms. The zero-order valence-corrected chi connectivity index (χ0v) is 15.2. The fourth-order valence-corrected chi connectivity index (χ4v) is 3.83. The molecule has 0 unspecified atom stereocenters. The molecule has 0 saturated heterocycles. The maximum absolute atomic E-state index is 6.49. The van der Waals surface area contributed by atoms with Crippen LogP contribution in [0, 0.1) is 0 Å². The van der Waals surface area contributed by atoms with Crippen molar-refractivity contribution in [3.05, 3.63) is 82.4 Å². The molecule has 0 fully saturated rings. The Hall–Kier alpha value is -2.56. The largest absolute Gasteiger partial charge is 0.348 e. The van der Waals surface area contributed by atoms with Gasteiger partial charge in [0.2, 0.25) is 0 Å². The summed E-state index contributed by atoms with van der Waals surface area (Å²) in [5, 5.41) is 1.92. The van der Waals surface area contributed by atoms with Crippen LogP contribution in [0.3, 0.4) is 0 Å². The third-order valence-corrected chi connectivity index (χ3v) is 5.58. The second-order valence-electron chi connectivity index (χ2n) is 6.35. The molecule has 128 valence electrons. The molecule has 3 heterocycles. The number of rotatable bonds is 2. The lowest BCUT2D eigenvalue weighted by molar-refractivity contribution is 0.859. The number of benzene rings is 2. The van der Waals surface area contributed by atoms with Crippen LogP contribution in [0.2, 0.25) is 10.0 Å². The fraction of sp³-hybridized carbons (Fsp3) is 0.100. The van der Waals surface area contributed by atoms with Crippen molar-refractivity contribution in [2.45, 2.75) is 13.1 Å². The second-order valence-corrected chi connectivity index (χ2v) is 7.14. The van der Waals surface area contributed by atoms with Crippen LogP contribution in [0.1, 0.15) is 11.1 Å². The molecule has 4 aromatic rings. The van der Waals surface area contributed by atoms with Crippen molar-refractivity contribution in [1.82, 2.24) is 14.5 Å². The van der Waals surface area contributed by atoms with Gasteiger partial charge in [0, 0.05) is 36.9 Å². The summed E-state index contributed by atoms with van der Waals surface area (Å²) < 4.78 is 1.97. The number of pyridine rings is 1. The number of imidazole rings is 1. The summed E-state index contributed by atoms with van der Waals surface area (Å²) >= 11 is 12.7. The highest BCUT2D eigenvalue weighted by Crippen LogP contribution is 2.36. The van der Waals surface area contributed by atoms with Gasteiger partial charge in [0.1, 0.15) is 5.82 Å². The van der Waals surface area contributed by atoms with E-state index in [1.807, 2.05) is 16.8 Å². The highest BCUT2D eigenvalue weighted by molar-refractivity contribution is 6.45. The minimum absolute atomic E-state index is 0.476. The number of hydrogen-bond acceptors (Lipinski definition) is 3. The van der Waals surface area contributed by atoms with E-state index >= 15 is 0 Å². The lowest BCUT2D eigenvalue weighted by Gasteiger charge is -2.19. The van der Waals surface area contributed by atoms with Crippen molar-refractivity contribution in [3.8, 4) is 5.69 Å². The Kier molecular flexibility index (Phi) is 3.62. The van der Waals surface area contributed by atoms with E-state index in [2.05, 4.69) is 40.2 Å². The highest BCUT2D eigenvalue weighted by Gasteiger charge is 2.22. The maximum atomic E-state index is 6.49. The summed E-state index contributed by atoms with van der Waals surface area (Å²) in [5.41, 5.74) is 4.35. The quantitative estimate of drug-likeness (QED) is 0.476. The van der Waals surface area contributed by atoms with E-state index in [1.165, 1.54) is 11.1 Å². The summed E-state index contributed by atoms with van der Waals surface area (Å²) in [6.45, 7) is 1.66. The third-order valence-electron chi connectivity index (χ3n) is 4.78. The molecular formula is C20H14Cl2N4. The van der Waals surface area contributed by atoms with E-state index in [4.69, 9.17) is 28.2 Å². The summed E-state index contributed by atoms with van der Waals surface area (Å²) in [5.74, 6) is 0.876. The van der Waals surface area contributed by atoms with Gasteiger partial charge in [0.25, 0.3) is 0 Å². The van der Waals surface area contributed by atoms with Gasteiger partial charge in [-0.15, -0.1) is 0 Å². The fourth-order valence-electron chi connectivity index (χ4n) is 3.48. The minimum atomic E-state index is 0.476. The molecule has 0 bridgehead atoms. The predicted molar refractivity (Wildman–Crippen MR) is 105 cm³/mol. The zero-order chi connectivity index (χ0) is 17.7. The van der Waals surface area contributed by atoms with Crippen LogP contribution in [0.4, 0.5) is 5.82 Å². The van der Waals surface area contributed by atoms with Gasteiger partial charge in [-0.05, 0) is 23.3 Å². The van der Waals surface area contributed by atoms with E-state index in [0.717, 1.165) is 30.0 Å². The Balaban J connectivity index is 1.71. The summed E-state index contributed by atoms with van der Waals surface area (Å²) in [7, 11) is 0. The maximum Gasteiger partial charge on any atom is 0.132 e. The first-order valence-electron chi connectivity index (χ1n) is 8.29. The van der Waals surface area contributed by atoms with Crippen molar-refractivity contribution >= 4 is 39.9 Å².